The van der Waals surface area contributed by atoms with Gasteiger partial charge in [-0.25, -0.2) is 8.78 Å². The van der Waals surface area contributed by atoms with Crippen LogP contribution in [0.5, 0.6) is 0 Å². The number of carbonyl (C=O) groups is 1. The first-order valence-electron chi connectivity index (χ1n) is 7.89. The number of furan rings is 1. The summed E-state index contributed by atoms with van der Waals surface area (Å²) >= 11 is 0. The van der Waals surface area contributed by atoms with Gasteiger partial charge in [-0.05, 0) is 31.2 Å². The van der Waals surface area contributed by atoms with Crippen molar-refractivity contribution in [1.29, 1.82) is 0 Å². The fourth-order valence-electron chi connectivity index (χ4n) is 3.09. The lowest BCUT2D eigenvalue weighted by Gasteiger charge is -2.26. The molecule has 1 aliphatic rings. The summed E-state index contributed by atoms with van der Waals surface area (Å²) in [6.45, 7) is 2.68. The highest BCUT2D eigenvalue weighted by Crippen LogP contribution is 2.30. The van der Waals surface area contributed by atoms with E-state index in [1.807, 2.05) is 6.92 Å². The number of nitrogens with zero attached hydrogens (tertiary/aromatic N) is 2. The molecule has 1 N–H and O–H groups in total. The Balaban J connectivity index is 1.67. The number of fused-ring (bicyclic) bond motifs is 1. The van der Waals surface area contributed by atoms with E-state index in [1.54, 1.807) is 11.0 Å². The summed E-state index contributed by atoms with van der Waals surface area (Å²) < 4.78 is 32.0. The SMILES string of the molecule is Cc1ccoc1C(=O)N1CCc2[nH]nc(-c3ccc(F)c(F)c3)c2C1. The van der Waals surface area contributed by atoms with Crippen molar-refractivity contribution in [2.45, 2.75) is 19.9 Å². The summed E-state index contributed by atoms with van der Waals surface area (Å²) in [6, 6.07) is 5.41. The van der Waals surface area contributed by atoms with Gasteiger partial charge >= 0.3 is 0 Å². The first-order chi connectivity index (χ1) is 12.0. The van der Waals surface area contributed by atoms with Crippen LogP contribution in [0.1, 0.15) is 27.4 Å². The maximum absolute atomic E-state index is 13.5. The third kappa shape index (κ3) is 2.61. The average Bonchev–Trinajstić information content (AvgIpc) is 3.22. The van der Waals surface area contributed by atoms with Crippen molar-refractivity contribution < 1.29 is 18.0 Å². The molecule has 0 spiro atoms. The summed E-state index contributed by atoms with van der Waals surface area (Å²) in [7, 11) is 0. The zero-order valence-electron chi connectivity index (χ0n) is 13.5. The molecule has 1 aliphatic heterocycles. The fraction of sp³-hybridized carbons (Fsp3) is 0.222. The van der Waals surface area contributed by atoms with Crippen molar-refractivity contribution in [3.8, 4) is 11.3 Å². The molecule has 128 valence electrons. The van der Waals surface area contributed by atoms with Crippen molar-refractivity contribution in [1.82, 2.24) is 15.1 Å². The summed E-state index contributed by atoms with van der Waals surface area (Å²) in [6.07, 6.45) is 2.10. The Hall–Kier alpha value is -2.96. The first kappa shape index (κ1) is 15.6. The third-order valence-corrected chi connectivity index (χ3v) is 4.47. The van der Waals surface area contributed by atoms with Crippen LogP contribution in [0.25, 0.3) is 11.3 Å². The van der Waals surface area contributed by atoms with Crippen LogP contribution in [-0.2, 0) is 13.0 Å². The van der Waals surface area contributed by atoms with Crippen molar-refractivity contribution in [2.24, 2.45) is 0 Å². The lowest BCUT2D eigenvalue weighted by molar-refractivity contribution is 0.0701. The predicted molar refractivity (Wildman–Crippen MR) is 85.8 cm³/mol. The molecule has 0 saturated carbocycles. The van der Waals surface area contributed by atoms with E-state index in [4.69, 9.17) is 4.42 Å². The highest BCUT2D eigenvalue weighted by Gasteiger charge is 2.28. The van der Waals surface area contributed by atoms with Crippen LogP contribution in [0.3, 0.4) is 0 Å². The van der Waals surface area contributed by atoms with Gasteiger partial charge in [-0.15, -0.1) is 0 Å². The van der Waals surface area contributed by atoms with E-state index in [0.29, 0.717) is 36.5 Å². The second kappa shape index (κ2) is 5.84. The molecule has 0 aliphatic carbocycles. The topological polar surface area (TPSA) is 62.1 Å². The quantitative estimate of drug-likeness (QED) is 0.775. The van der Waals surface area contributed by atoms with Gasteiger partial charge in [0.1, 0.15) is 0 Å². The first-order valence-corrected chi connectivity index (χ1v) is 7.89. The average molecular weight is 343 g/mol. The molecular weight excluding hydrogens is 328 g/mol. The van der Waals surface area contributed by atoms with Gasteiger partial charge < -0.3 is 9.32 Å². The predicted octanol–water partition coefficient (Wildman–Crippen LogP) is 3.45. The van der Waals surface area contributed by atoms with Gasteiger partial charge in [-0.2, -0.15) is 5.10 Å². The Morgan fingerprint density at radius 1 is 1.28 bits per heavy atom. The number of hydrogen-bond acceptors (Lipinski definition) is 3. The normalized spacial score (nSPS) is 13.8. The number of halogens is 2. The number of H-pyrrole nitrogens is 1. The van der Waals surface area contributed by atoms with Gasteiger partial charge in [-0.3, -0.25) is 9.89 Å². The van der Waals surface area contributed by atoms with Crippen molar-refractivity contribution >= 4 is 5.91 Å². The minimum atomic E-state index is -0.927. The second-order valence-electron chi connectivity index (χ2n) is 6.07. The molecular formula is C18H15F2N3O2. The molecule has 5 nitrogen and oxygen atoms in total. The number of aromatic nitrogens is 2. The van der Waals surface area contributed by atoms with Gasteiger partial charge in [0.25, 0.3) is 5.91 Å². The molecule has 0 radical (unpaired) electrons. The molecule has 1 aromatic carbocycles. The molecule has 0 bridgehead atoms. The molecule has 2 aromatic heterocycles. The Labute approximate surface area is 142 Å². The highest BCUT2D eigenvalue weighted by atomic mass is 19.2. The van der Waals surface area contributed by atoms with Crippen molar-refractivity contribution in [3.63, 3.8) is 0 Å². The molecule has 25 heavy (non-hydrogen) atoms. The maximum atomic E-state index is 13.5. The Morgan fingerprint density at radius 3 is 2.84 bits per heavy atom. The lowest BCUT2D eigenvalue weighted by Crippen LogP contribution is -2.36. The monoisotopic (exact) mass is 343 g/mol. The van der Waals surface area contributed by atoms with E-state index >= 15 is 0 Å². The molecule has 7 heteroatoms. The largest absolute Gasteiger partial charge is 0.459 e. The summed E-state index contributed by atoms with van der Waals surface area (Å²) in [5.74, 6) is -1.70. The van der Waals surface area contributed by atoms with Crippen LogP contribution in [0.4, 0.5) is 8.78 Å². The number of nitrogens with one attached hydrogen (secondary N) is 1. The molecule has 0 fully saturated rings. The number of carbonyl (C=O) groups excluding carboxylic acids is 1. The zero-order chi connectivity index (χ0) is 17.6. The molecule has 0 unspecified atom stereocenters. The van der Waals surface area contributed by atoms with Gasteiger partial charge in [0.15, 0.2) is 17.4 Å². The van der Waals surface area contributed by atoms with E-state index in [1.165, 1.54) is 12.3 Å². The number of hydrogen-bond donors (Lipinski definition) is 1. The second-order valence-corrected chi connectivity index (χ2v) is 6.07. The molecule has 3 heterocycles. The van der Waals surface area contributed by atoms with E-state index in [0.717, 1.165) is 29.0 Å². The van der Waals surface area contributed by atoms with Crippen molar-refractivity contribution in [2.75, 3.05) is 6.54 Å². The van der Waals surface area contributed by atoms with Gasteiger partial charge in [0.2, 0.25) is 0 Å². The van der Waals surface area contributed by atoms with E-state index < -0.39 is 11.6 Å². The van der Waals surface area contributed by atoms with Crippen LogP contribution >= 0.6 is 0 Å². The highest BCUT2D eigenvalue weighted by molar-refractivity contribution is 5.93. The van der Waals surface area contributed by atoms with Crippen LogP contribution in [0.2, 0.25) is 0 Å². The van der Waals surface area contributed by atoms with Gasteiger partial charge in [0.05, 0.1) is 18.5 Å². The fourth-order valence-corrected chi connectivity index (χ4v) is 3.09. The van der Waals surface area contributed by atoms with Crippen molar-refractivity contribution in [3.05, 3.63) is 64.7 Å². The number of aryl methyl sites for hydroxylation is 1. The van der Waals surface area contributed by atoms with Crippen LogP contribution < -0.4 is 0 Å². The Morgan fingerprint density at radius 2 is 2.12 bits per heavy atom. The minimum absolute atomic E-state index is 0.189. The number of rotatable bonds is 2. The molecule has 4 rings (SSSR count). The molecule has 0 atom stereocenters. The lowest BCUT2D eigenvalue weighted by atomic mass is 10.0. The molecule has 0 saturated heterocycles. The zero-order valence-corrected chi connectivity index (χ0v) is 13.5. The Kier molecular flexibility index (Phi) is 3.63. The summed E-state index contributed by atoms with van der Waals surface area (Å²) in [5.41, 5.74) is 3.50. The van der Waals surface area contributed by atoms with Gasteiger partial charge in [0, 0.05) is 35.3 Å². The Bertz CT molecular complexity index is 961. The number of benzene rings is 1. The van der Waals surface area contributed by atoms with E-state index in [9.17, 15) is 13.6 Å². The minimum Gasteiger partial charge on any atom is -0.459 e. The maximum Gasteiger partial charge on any atom is 0.290 e. The summed E-state index contributed by atoms with van der Waals surface area (Å²) in [5, 5.41) is 7.17. The standard InChI is InChI=1S/C18H15F2N3O2/c1-10-5-7-25-17(10)18(24)23-6-4-15-12(9-23)16(22-21-15)11-2-3-13(19)14(20)8-11/h2-3,5,7-8H,4,6,9H2,1H3,(H,21,22). The number of amides is 1. The van der Waals surface area contributed by atoms with Crippen LogP contribution in [0.15, 0.2) is 34.9 Å². The number of aromatic amines is 1. The van der Waals surface area contributed by atoms with Gasteiger partial charge in [-0.1, -0.05) is 0 Å². The van der Waals surface area contributed by atoms with Crippen LogP contribution in [0, 0.1) is 18.6 Å². The van der Waals surface area contributed by atoms with E-state index in [-0.39, 0.29) is 5.91 Å². The molecule has 3 aromatic rings. The van der Waals surface area contributed by atoms with E-state index in [2.05, 4.69) is 10.2 Å². The summed E-state index contributed by atoms with van der Waals surface area (Å²) in [4.78, 5) is 14.3. The smallest absolute Gasteiger partial charge is 0.290 e. The van der Waals surface area contributed by atoms with Crippen LogP contribution in [-0.4, -0.2) is 27.5 Å². The molecule has 1 amide bonds. The third-order valence-electron chi connectivity index (χ3n) is 4.47.